The summed E-state index contributed by atoms with van der Waals surface area (Å²) in [5.74, 6) is 0.405. The van der Waals surface area contributed by atoms with Crippen molar-refractivity contribution in [2.75, 3.05) is 18.1 Å². The highest BCUT2D eigenvalue weighted by atomic mass is 32.2. The standard InChI is InChI=1S/C21H19NO4S/c1-14-10-11-22(17-4-2-3-5-19(17)27-14)20(23)13-25-16-8-6-15-7-9-21(24)26-18(15)12-16/h2-9,12,14H,10-11,13H2,1H3/t14-/m1/s1. The van der Waals surface area contributed by atoms with Crippen LogP contribution in [0.15, 0.2) is 68.7 Å². The number of hydrogen-bond donors (Lipinski definition) is 0. The van der Waals surface area contributed by atoms with E-state index in [0.29, 0.717) is 23.1 Å². The van der Waals surface area contributed by atoms with Crippen LogP contribution in [0.5, 0.6) is 5.75 Å². The number of benzene rings is 2. The Labute approximate surface area is 160 Å². The number of anilines is 1. The van der Waals surface area contributed by atoms with E-state index >= 15 is 0 Å². The van der Waals surface area contributed by atoms with Gasteiger partial charge in [-0.3, -0.25) is 4.79 Å². The van der Waals surface area contributed by atoms with E-state index in [-0.39, 0.29) is 12.5 Å². The quantitative estimate of drug-likeness (QED) is 0.640. The van der Waals surface area contributed by atoms with Gasteiger partial charge in [-0.05, 0) is 36.8 Å². The molecule has 1 atom stereocenters. The number of rotatable bonds is 3. The van der Waals surface area contributed by atoms with Gasteiger partial charge in [0, 0.05) is 34.2 Å². The summed E-state index contributed by atoms with van der Waals surface area (Å²) in [5, 5.41) is 1.26. The molecular weight excluding hydrogens is 362 g/mol. The Morgan fingerprint density at radius 2 is 2.04 bits per heavy atom. The van der Waals surface area contributed by atoms with E-state index in [2.05, 4.69) is 6.92 Å². The molecular formula is C21H19NO4S. The van der Waals surface area contributed by atoms with Gasteiger partial charge >= 0.3 is 5.63 Å². The SMILES string of the molecule is C[C@@H]1CCN(C(=O)COc2ccc3ccc(=O)oc3c2)c2ccccc2S1. The molecule has 1 amide bonds. The van der Waals surface area contributed by atoms with Crippen LogP contribution in [-0.4, -0.2) is 24.3 Å². The molecule has 0 unspecified atom stereocenters. The Bertz CT molecular complexity index is 1050. The molecule has 0 spiro atoms. The third kappa shape index (κ3) is 3.85. The van der Waals surface area contributed by atoms with E-state index in [0.717, 1.165) is 22.4 Å². The summed E-state index contributed by atoms with van der Waals surface area (Å²) in [6.45, 7) is 2.77. The average molecular weight is 381 g/mol. The minimum Gasteiger partial charge on any atom is -0.484 e. The molecule has 0 bridgehead atoms. The molecule has 2 aromatic carbocycles. The number of thioether (sulfide) groups is 1. The number of nitrogens with zero attached hydrogens (tertiary/aromatic N) is 1. The van der Waals surface area contributed by atoms with Crippen molar-refractivity contribution in [2.45, 2.75) is 23.5 Å². The summed E-state index contributed by atoms with van der Waals surface area (Å²) in [5.41, 5.74) is 0.964. The van der Waals surface area contributed by atoms with Crippen molar-refractivity contribution in [3.63, 3.8) is 0 Å². The predicted molar refractivity (Wildman–Crippen MR) is 107 cm³/mol. The molecule has 3 aromatic rings. The molecule has 5 nitrogen and oxygen atoms in total. The Kier molecular flexibility index (Phi) is 4.90. The summed E-state index contributed by atoms with van der Waals surface area (Å²) in [6, 6.07) is 16.2. The van der Waals surface area contributed by atoms with Gasteiger partial charge in [-0.2, -0.15) is 0 Å². The van der Waals surface area contributed by atoms with Crippen molar-refractivity contribution in [1.29, 1.82) is 0 Å². The Morgan fingerprint density at radius 1 is 1.22 bits per heavy atom. The molecule has 6 heteroatoms. The molecule has 0 fully saturated rings. The van der Waals surface area contributed by atoms with Gasteiger partial charge < -0.3 is 14.1 Å². The third-order valence-corrected chi connectivity index (χ3v) is 5.74. The van der Waals surface area contributed by atoms with Crippen molar-refractivity contribution in [2.24, 2.45) is 0 Å². The zero-order valence-corrected chi connectivity index (χ0v) is 15.7. The average Bonchev–Trinajstić information content (AvgIpc) is 2.84. The maximum Gasteiger partial charge on any atom is 0.336 e. The summed E-state index contributed by atoms with van der Waals surface area (Å²) in [4.78, 5) is 27.1. The second kappa shape index (κ2) is 7.48. The number of hydrogen-bond acceptors (Lipinski definition) is 5. The molecule has 2 heterocycles. The Hall–Kier alpha value is -2.73. The molecule has 1 aromatic heterocycles. The van der Waals surface area contributed by atoms with E-state index in [9.17, 15) is 9.59 Å². The normalized spacial score (nSPS) is 16.6. The molecule has 1 aliphatic rings. The fourth-order valence-corrected chi connectivity index (χ4v) is 4.21. The molecule has 0 saturated heterocycles. The van der Waals surface area contributed by atoms with E-state index in [1.54, 1.807) is 40.9 Å². The second-order valence-electron chi connectivity index (χ2n) is 6.47. The van der Waals surface area contributed by atoms with Gasteiger partial charge in [0.2, 0.25) is 0 Å². The van der Waals surface area contributed by atoms with Crippen LogP contribution in [0.2, 0.25) is 0 Å². The van der Waals surface area contributed by atoms with Crippen LogP contribution in [-0.2, 0) is 4.79 Å². The lowest BCUT2D eigenvalue weighted by Gasteiger charge is -2.22. The summed E-state index contributed by atoms with van der Waals surface area (Å²) >= 11 is 1.79. The van der Waals surface area contributed by atoms with Crippen LogP contribution in [0.4, 0.5) is 5.69 Å². The molecule has 0 aliphatic carbocycles. The first-order valence-corrected chi connectivity index (χ1v) is 9.71. The molecule has 0 saturated carbocycles. The number of amides is 1. The van der Waals surface area contributed by atoms with Crippen LogP contribution in [0.3, 0.4) is 0 Å². The van der Waals surface area contributed by atoms with Crippen LogP contribution in [0, 0.1) is 0 Å². The first-order chi connectivity index (χ1) is 13.1. The Morgan fingerprint density at radius 3 is 2.93 bits per heavy atom. The van der Waals surface area contributed by atoms with Crippen molar-refractivity contribution >= 4 is 34.3 Å². The van der Waals surface area contributed by atoms with E-state index in [1.807, 2.05) is 24.3 Å². The minimum absolute atomic E-state index is 0.0735. The third-order valence-electron chi connectivity index (χ3n) is 4.50. The molecule has 0 N–H and O–H groups in total. The molecule has 4 rings (SSSR count). The van der Waals surface area contributed by atoms with Gasteiger partial charge in [-0.1, -0.05) is 19.1 Å². The van der Waals surface area contributed by atoms with Crippen molar-refractivity contribution < 1.29 is 13.9 Å². The van der Waals surface area contributed by atoms with E-state index in [1.165, 1.54) is 6.07 Å². The smallest absolute Gasteiger partial charge is 0.336 e. The second-order valence-corrected chi connectivity index (χ2v) is 7.95. The van der Waals surface area contributed by atoms with Gasteiger partial charge in [0.15, 0.2) is 6.61 Å². The molecule has 1 aliphatic heterocycles. The predicted octanol–water partition coefficient (Wildman–Crippen LogP) is 4.09. The zero-order valence-electron chi connectivity index (χ0n) is 14.9. The fraction of sp³-hybridized carbons (Fsp3) is 0.238. The lowest BCUT2D eigenvalue weighted by molar-refractivity contribution is -0.120. The number of ether oxygens (including phenoxy) is 1. The number of para-hydroxylation sites is 1. The largest absolute Gasteiger partial charge is 0.484 e. The van der Waals surface area contributed by atoms with Gasteiger partial charge in [0.05, 0.1) is 5.69 Å². The van der Waals surface area contributed by atoms with Crippen LogP contribution in [0.1, 0.15) is 13.3 Å². The Balaban J connectivity index is 1.52. The molecule has 138 valence electrons. The van der Waals surface area contributed by atoms with Crippen molar-refractivity contribution in [3.8, 4) is 5.75 Å². The van der Waals surface area contributed by atoms with Gasteiger partial charge in [0.25, 0.3) is 5.91 Å². The monoisotopic (exact) mass is 381 g/mol. The van der Waals surface area contributed by atoms with Gasteiger partial charge in [-0.25, -0.2) is 4.79 Å². The zero-order chi connectivity index (χ0) is 18.8. The highest BCUT2D eigenvalue weighted by molar-refractivity contribution is 8.00. The number of fused-ring (bicyclic) bond motifs is 2. The lowest BCUT2D eigenvalue weighted by Crippen LogP contribution is -2.36. The fourth-order valence-electron chi connectivity index (χ4n) is 3.10. The van der Waals surface area contributed by atoms with E-state index < -0.39 is 5.63 Å². The minimum atomic E-state index is -0.413. The van der Waals surface area contributed by atoms with Crippen molar-refractivity contribution in [1.82, 2.24) is 0 Å². The topological polar surface area (TPSA) is 59.8 Å². The van der Waals surface area contributed by atoms with Crippen LogP contribution >= 0.6 is 11.8 Å². The molecule has 0 radical (unpaired) electrons. The maximum absolute atomic E-state index is 12.8. The highest BCUT2D eigenvalue weighted by Gasteiger charge is 2.24. The number of carbonyl (C=O) groups is 1. The van der Waals surface area contributed by atoms with Crippen LogP contribution < -0.4 is 15.3 Å². The first-order valence-electron chi connectivity index (χ1n) is 8.83. The first kappa shape index (κ1) is 17.7. The molecule has 27 heavy (non-hydrogen) atoms. The van der Waals surface area contributed by atoms with Crippen molar-refractivity contribution in [3.05, 3.63) is 65.0 Å². The highest BCUT2D eigenvalue weighted by Crippen LogP contribution is 2.37. The lowest BCUT2D eigenvalue weighted by atomic mass is 10.2. The number of carbonyl (C=O) groups excluding carboxylic acids is 1. The maximum atomic E-state index is 12.8. The van der Waals surface area contributed by atoms with Gasteiger partial charge in [0.1, 0.15) is 11.3 Å². The summed E-state index contributed by atoms with van der Waals surface area (Å²) < 4.78 is 10.9. The summed E-state index contributed by atoms with van der Waals surface area (Å²) in [7, 11) is 0. The van der Waals surface area contributed by atoms with Crippen LogP contribution in [0.25, 0.3) is 11.0 Å². The van der Waals surface area contributed by atoms with E-state index in [4.69, 9.17) is 9.15 Å². The van der Waals surface area contributed by atoms with Gasteiger partial charge in [-0.15, -0.1) is 11.8 Å². The summed E-state index contributed by atoms with van der Waals surface area (Å²) in [6.07, 6.45) is 0.923.